The maximum atomic E-state index is 13.8. The zero-order valence-electron chi connectivity index (χ0n) is 15.9. The van der Waals surface area contributed by atoms with E-state index in [1.807, 2.05) is 24.3 Å². The van der Waals surface area contributed by atoms with Crippen LogP contribution in [0.15, 0.2) is 59.8 Å². The van der Waals surface area contributed by atoms with Crippen LogP contribution in [-0.4, -0.2) is 24.8 Å². The van der Waals surface area contributed by atoms with Gasteiger partial charge in [0, 0.05) is 5.70 Å². The first-order chi connectivity index (χ1) is 13.5. The number of carbonyl (C=O) groups is 1. The van der Waals surface area contributed by atoms with Crippen molar-refractivity contribution in [3.05, 3.63) is 71.2 Å². The molecule has 0 radical (unpaired) electrons. The lowest BCUT2D eigenvalue weighted by atomic mass is 9.94. The van der Waals surface area contributed by atoms with Crippen LogP contribution in [0.4, 0.5) is 10.1 Å². The molecular weight excluding hydrogens is 379 g/mol. The molecule has 28 heavy (non-hydrogen) atoms. The molecule has 0 unspecified atom stereocenters. The Morgan fingerprint density at radius 2 is 2.00 bits per heavy atom. The van der Waals surface area contributed by atoms with E-state index in [1.54, 1.807) is 38.0 Å². The number of nitrogens with one attached hydrogen (secondary N) is 1. The number of hydrogen-bond acceptors (Lipinski definition) is 4. The molecule has 1 heterocycles. The number of halogens is 1. The Bertz CT molecular complexity index is 945. The highest BCUT2D eigenvalue weighted by molar-refractivity contribution is 7.80. The van der Waals surface area contributed by atoms with Crippen molar-refractivity contribution in [2.45, 2.75) is 19.9 Å². The van der Waals surface area contributed by atoms with E-state index < -0.39 is 17.8 Å². The Morgan fingerprint density at radius 3 is 2.68 bits per heavy atom. The fourth-order valence-corrected chi connectivity index (χ4v) is 3.61. The lowest BCUT2D eigenvalue weighted by Crippen LogP contribution is -2.48. The summed E-state index contributed by atoms with van der Waals surface area (Å²) in [5.41, 5.74) is 2.25. The average molecular weight is 400 g/mol. The number of hydrogen-bond donors (Lipinski definition) is 1. The topological polar surface area (TPSA) is 50.8 Å². The van der Waals surface area contributed by atoms with Crippen LogP contribution < -0.4 is 15.0 Å². The van der Waals surface area contributed by atoms with Gasteiger partial charge in [0.2, 0.25) is 0 Å². The number of anilines is 1. The van der Waals surface area contributed by atoms with Crippen molar-refractivity contribution >= 4 is 29.0 Å². The predicted octanol–water partition coefficient (Wildman–Crippen LogP) is 4.11. The third-order valence-corrected chi connectivity index (χ3v) is 4.79. The molecule has 1 atom stereocenters. The maximum absolute atomic E-state index is 13.8. The van der Waals surface area contributed by atoms with Crippen LogP contribution in [0, 0.1) is 5.82 Å². The quantitative estimate of drug-likeness (QED) is 0.602. The summed E-state index contributed by atoms with van der Waals surface area (Å²) < 4.78 is 24.5. The summed E-state index contributed by atoms with van der Waals surface area (Å²) in [6.45, 7) is 3.76. The van der Waals surface area contributed by atoms with E-state index in [2.05, 4.69) is 5.32 Å². The van der Waals surface area contributed by atoms with E-state index >= 15 is 0 Å². The highest BCUT2D eigenvalue weighted by Crippen LogP contribution is 2.37. The molecular formula is C21H21FN2O3S. The summed E-state index contributed by atoms with van der Waals surface area (Å²) in [4.78, 5) is 14.5. The van der Waals surface area contributed by atoms with E-state index in [9.17, 15) is 9.18 Å². The zero-order chi connectivity index (χ0) is 20.3. The number of rotatable bonds is 5. The third-order valence-electron chi connectivity index (χ3n) is 4.49. The molecule has 146 valence electrons. The van der Waals surface area contributed by atoms with Crippen molar-refractivity contribution in [2.24, 2.45) is 0 Å². The molecule has 0 aromatic heterocycles. The van der Waals surface area contributed by atoms with Gasteiger partial charge in [-0.05, 0) is 55.9 Å². The van der Waals surface area contributed by atoms with Gasteiger partial charge in [-0.3, -0.25) is 4.90 Å². The Morgan fingerprint density at radius 1 is 1.25 bits per heavy atom. The summed E-state index contributed by atoms with van der Waals surface area (Å²) in [5.74, 6) is -0.263. The van der Waals surface area contributed by atoms with E-state index in [4.69, 9.17) is 21.7 Å². The first-order valence-corrected chi connectivity index (χ1v) is 9.25. The van der Waals surface area contributed by atoms with Crippen molar-refractivity contribution in [3.8, 4) is 5.75 Å². The number of ether oxygens (including phenoxy) is 2. The van der Waals surface area contributed by atoms with Crippen molar-refractivity contribution in [3.63, 3.8) is 0 Å². The van der Waals surface area contributed by atoms with Crippen LogP contribution in [0.5, 0.6) is 5.75 Å². The van der Waals surface area contributed by atoms with E-state index in [1.165, 1.54) is 12.1 Å². The molecule has 1 N–H and O–H groups in total. The average Bonchev–Trinajstić information content (AvgIpc) is 2.68. The smallest absolute Gasteiger partial charge is 0.338 e. The van der Waals surface area contributed by atoms with Crippen molar-refractivity contribution in [1.82, 2.24) is 5.32 Å². The summed E-state index contributed by atoms with van der Waals surface area (Å²) in [7, 11) is 1.57. The fraction of sp³-hybridized carbons (Fsp3) is 0.238. The highest BCUT2D eigenvalue weighted by Gasteiger charge is 2.36. The second kappa shape index (κ2) is 8.39. The normalized spacial score (nSPS) is 16.6. The molecule has 0 aliphatic carbocycles. The number of benzene rings is 2. The van der Waals surface area contributed by atoms with Crippen molar-refractivity contribution < 1.29 is 18.7 Å². The van der Waals surface area contributed by atoms with Crippen LogP contribution >= 0.6 is 12.2 Å². The monoisotopic (exact) mass is 400 g/mol. The lowest BCUT2D eigenvalue weighted by molar-refractivity contribution is -0.139. The number of thiocarbonyl (C=S) groups is 1. The number of nitrogens with zero attached hydrogens (tertiary/aromatic N) is 1. The predicted molar refractivity (Wildman–Crippen MR) is 110 cm³/mol. The number of carbonyl (C=O) groups excluding carboxylic acids is 1. The summed E-state index contributed by atoms with van der Waals surface area (Å²) in [6.07, 6.45) is 0. The van der Waals surface area contributed by atoms with Gasteiger partial charge in [0.25, 0.3) is 0 Å². The molecule has 0 bridgehead atoms. The first kappa shape index (κ1) is 19.8. The number of allylic oxidation sites excluding steroid dienone is 1. The Balaban J connectivity index is 2.17. The van der Waals surface area contributed by atoms with Gasteiger partial charge < -0.3 is 14.8 Å². The van der Waals surface area contributed by atoms with Crippen LogP contribution in [0.25, 0.3) is 0 Å². The Kier molecular flexibility index (Phi) is 5.94. The highest BCUT2D eigenvalue weighted by atomic mass is 32.1. The van der Waals surface area contributed by atoms with Crippen molar-refractivity contribution in [1.29, 1.82) is 0 Å². The molecule has 5 nitrogen and oxygen atoms in total. The molecule has 0 amide bonds. The molecule has 0 spiro atoms. The molecule has 0 saturated heterocycles. The van der Waals surface area contributed by atoms with Crippen LogP contribution in [-0.2, 0) is 9.53 Å². The van der Waals surface area contributed by atoms with Gasteiger partial charge >= 0.3 is 5.97 Å². The number of methoxy groups -OCH3 is 1. The zero-order valence-corrected chi connectivity index (χ0v) is 16.7. The molecule has 1 aliphatic heterocycles. The summed E-state index contributed by atoms with van der Waals surface area (Å²) >= 11 is 5.59. The molecule has 0 fully saturated rings. The Labute approximate surface area is 168 Å². The molecule has 2 aromatic carbocycles. The maximum Gasteiger partial charge on any atom is 0.338 e. The van der Waals surface area contributed by atoms with Gasteiger partial charge in [-0.1, -0.05) is 24.3 Å². The van der Waals surface area contributed by atoms with E-state index in [0.717, 1.165) is 0 Å². The minimum Gasteiger partial charge on any atom is -0.495 e. The standard InChI is InChI=1S/C21H21FN2O3S/c1-4-27-20(25)18-13(2)24(16-10-5-6-11-17(16)26-3)21(28)23-19(18)14-8-7-9-15(22)12-14/h5-12,19H,4H2,1-3H3,(H,23,28)/t19-/m0/s1. The van der Waals surface area contributed by atoms with Gasteiger partial charge in [0.1, 0.15) is 11.6 Å². The summed E-state index contributed by atoms with van der Waals surface area (Å²) in [5, 5.41) is 3.54. The van der Waals surface area contributed by atoms with Crippen LogP contribution in [0.1, 0.15) is 25.5 Å². The number of esters is 1. The second-order valence-electron chi connectivity index (χ2n) is 6.16. The molecule has 2 aromatic rings. The van der Waals surface area contributed by atoms with Gasteiger partial charge in [0.05, 0.1) is 31.0 Å². The SMILES string of the molecule is CCOC(=O)C1=C(C)N(c2ccccc2OC)C(=S)N[C@H]1c1cccc(F)c1. The fourth-order valence-electron chi connectivity index (χ4n) is 3.26. The minimum atomic E-state index is -0.617. The largest absolute Gasteiger partial charge is 0.495 e. The minimum absolute atomic E-state index is 0.227. The van der Waals surface area contributed by atoms with Gasteiger partial charge in [-0.15, -0.1) is 0 Å². The third kappa shape index (κ3) is 3.71. The Hall–Kier alpha value is -2.93. The lowest BCUT2D eigenvalue weighted by Gasteiger charge is -2.38. The number of para-hydroxylation sites is 2. The molecule has 3 rings (SSSR count). The summed E-state index contributed by atoms with van der Waals surface area (Å²) in [6, 6.07) is 12.8. The molecule has 7 heteroatoms. The van der Waals surface area contributed by atoms with Gasteiger partial charge in [-0.2, -0.15) is 0 Å². The van der Waals surface area contributed by atoms with E-state index in [0.29, 0.717) is 33.4 Å². The van der Waals surface area contributed by atoms with Gasteiger partial charge in [0.15, 0.2) is 5.11 Å². The first-order valence-electron chi connectivity index (χ1n) is 8.85. The van der Waals surface area contributed by atoms with E-state index in [-0.39, 0.29) is 6.61 Å². The second-order valence-corrected chi connectivity index (χ2v) is 6.55. The molecule has 1 aliphatic rings. The van der Waals surface area contributed by atoms with Crippen LogP contribution in [0.3, 0.4) is 0 Å². The van der Waals surface area contributed by atoms with Gasteiger partial charge in [-0.25, -0.2) is 9.18 Å². The van der Waals surface area contributed by atoms with Crippen molar-refractivity contribution in [2.75, 3.05) is 18.6 Å². The molecule has 0 saturated carbocycles. The van der Waals surface area contributed by atoms with Crippen LogP contribution in [0.2, 0.25) is 0 Å².